The van der Waals surface area contributed by atoms with Crippen LogP contribution >= 0.6 is 11.9 Å². The van der Waals surface area contributed by atoms with E-state index in [1.165, 1.54) is 18.9 Å². The number of carbonyl (C=O) groups excluding carboxylic acids is 1. The minimum atomic E-state index is -0.0312. The van der Waals surface area contributed by atoms with E-state index >= 15 is 0 Å². The lowest BCUT2D eigenvalue weighted by Crippen LogP contribution is -2.26. The van der Waals surface area contributed by atoms with Gasteiger partial charge in [0, 0.05) is 19.1 Å². The molecule has 0 spiro atoms. The molecule has 0 atom stereocenters. The van der Waals surface area contributed by atoms with E-state index in [1.54, 1.807) is 0 Å². The minimum absolute atomic E-state index is 0.0312. The number of hydrogen-bond acceptors (Lipinski definition) is 3. The van der Waals surface area contributed by atoms with Gasteiger partial charge in [-0.05, 0) is 11.9 Å². The Balaban J connectivity index is 2.35. The monoisotopic (exact) mass is 144 g/mol. The Kier molecular flexibility index (Phi) is 2.10. The molecular weight excluding hydrogens is 136 g/mol. The van der Waals surface area contributed by atoms with Crippen molar-refractivity contribution in [2.75, 3.05) is 5.75 Å². The third-order valence-corrected chi connectivity index (χ3v) is 1.66. The average Bonchev–Trinajstić information content (AvgIpc) is 2.15. The Bertz CT molecular complexity index is 155. The Morgan fingerprint density at radius 2 is 2.67 bits per heavy atom. The molecule has 0 aromatic carbocycles. The number of nitrogens with zero attached hydrogens (tertiary/aromatic N) is 1. The molecule has 1 amide bonds. The second-order valence-corrected chi connectivity index (χ2v) is 2.65. The van der Waals surface area contributed by atoms with Crippen LogP contribution in [-0.4, -0.2) is 17.5 Å². The number of rotatable bonds is 0. The molecular formula is C5H8N2OS. The first kappa shape index (κ1) is 6.61. The van der Waals surface area contributed by atoms with Gasteiger partial charge in [-0.3, -0.25) is 4.79 Å². The fourth-order valence-corrected chi connectivity index (χ4v) is 1.27. The van der Waals surface area contributed by atoms with Crippen LogP contribution in [-0.2, 0) is 4.79 Å². The summed E-state index contributed by atoms with van der Waals surface area (Å²) in [5.74, 6) is 1.78. The molecule has 0 saturated carbocycles. The Morgan fingerprint density at radius 1 is 1.89 bits per heavy atom. The van der Waals surface area contributed by atoms with E-state index in [-0.39, 0.29) is 5.91 Å². The molecule has 1 aliphatic rings. The summed E-state index contributed by atoms with van der Waals surface area (Å²) in [6.07, 6.45) is 0.893. The highest BCUT2D eigenvalue weighted by Gasteiger charge is 2.06. The molecule has 0 aliphatic carbocycles. The molecule has 1 N–H and O–H groups in total. The highest BCUT2D eigenvalue weighted by atomic mass is 32.2. The quantitative estimate of drug-likeness (QED) is 0.505. The summed E-state index contributed by atoms with van der Waals surface area (Å²) < 4.78 is 3.98. The van der Waals surface area contributed by atoms with Gasteiger partial charge < -0.3 is 5.32 Å². The third-order valence-electron chi connectivity index (χ3n) is 0.925. The Morgan fingerprint density at radius 3 is 3.11 bits per heavy atom. The van der Waals surface area contributed by atoms with Gasteiger partial charge in [-0.2, -0.15) is 0 Å². The first-order chi connectivity index (χ1) is 4.29. The molecule has 0 unspecified atom stereocenters. The molecule has 9 heavy (non-hydrogen) atoms. The maximum Gasteiger partial charge on any atom is 0.222 e. The van der Waals surface area contributed by atoms with Crippen molar-refractivity contribution >= 4 is 23.7 Å². The lowest BCUT2D eigenvalue weighted by molar-refractivity contribution is -0.117. The van der Waals surface area contributed by atoms with Gasteiger partial charge in [0.05, 0.1) is 0 Å². The normalized spacial score (nSPS) is 17.2. The summed E-state index contributed by atoms with van der Waals surface area (Å²) in [6, 6.07) is 0. The lowest BCUT2D eigenvalue weighted by atomic mass is 10.4. The topological polar surface area (TPSA) is 41.5 Å². The van der Waals surface area contributed by atoms with Gasteiger partial charge in [0.25, 0.3) is 0 Å². The zero-order chi connectivity index (χ0) is 6.69. The predicted octanol–water partition coefficient (Wildman–Crippen LogP) is 0.573. The van der Waals surface area contributed by atoms with E-state index in [4.69, 9.17) is 0 Å². The predicted molar refractivity (Wildman–Crippen MR) is 38.3 cm³/mol. The molecule has 50 valence electrons. The lowest BCUT2D eigenvalue weighted by Gasteiger charge is -1.95. The van der Waals surface area contributed by atoms with Crippen LogP contribution in [0.15, 0.2) is 4.40 Å². The van der Waals surface area contributed by atoms with E-state index < -0.39 is 0 Å². The van der Waals surface area contributed by atoms with Crippen LogP contribution in [0.5, 0.6) is 0 Å². The molecule has 0 saturated heterocycles. The third kappa shape index (κ3) is 2.05. The first-order valence-electron chi connectivity index (χ1n) is 2.75. The van der Waals surface area contributed by atoms with Crippen molar-refractivity contribution in [3.8, 4) is 0 Å². The van der Waals surface area contributed by atoms with E-state index in [0.29, 0.717) is 0 Å². The molecule has 0 radical (unpaired) electrons. The van der Waals surface area contributed by atoms with Gasteiger partial charge in [-0.15, -0.1) is 0 Å². The summed E-state index contributed by atoms with van der Waals surface area (Å²) in [5, 5.41) is 2.63. The molecule has 1 heterocycles. The number of nitrogens with one attached hydrogen (secondary N) is 1. The highest BCUT2D eigenvalue weighted by Crippen LogP contribution is 2.12. The maximum atomic E-state index is 10.4. The molecule has 0 aromatic rings. The van der Waals surface area contributed by atoms with E-state index in [0.717, 1.165) is 18.0 Å². The highest BCUT2D eigenvalue weighted by molar-refractivity contribution is 7.98. The summed E-state index contributed by atoms with van der Waals surface area (Å²) in [4.78, 5) is 10.4. The van der Waals surface area contributed by atoms with Crippen LogP contribution in [0, 0.1) is 0 Å². The summed E-state index contributed by atoms with van der Waals surface area (Å²) in [6.45, 7) is 1.49. The molecule has 0 fully saturated rings. The number of carbonyl (C=O) groups is 1. The van der Waals surface area contributed by atoms with Crippen LogP contribution < -0.4 is 5.32 Å². The van der Waals surface area contributed by atoms with E-state index in [2.05, 4.69) is 9.71 Å². The molecule has 0 aromatic heterocycles. The van der Waals surface area contributed by atoms with Gasteiger partial charge >= 0.3 is 0 Å². The zero-order valence-electron chi connectivity index (χ0n) is 5.18. The summed E-state index contributed by atoms with van der Waals surface area (Å²) in [7, 11) is 0. The van der Waals surface area contributed by atoms with Crippen LogP contribution in [0.2, 0.25) is 0 Å². The standard InChI is InChI=1S/C5H8N2OS/c1-4(8)6-5-2-3-9-7-5/h2-3H2,1H3,(H,6,7,8). The van der Waals surface area contributed by atoms with Crippen molar-refractivity contribution in [1.82, 2.24) is 5.32 Å². The van der Waals surface area contributed by atoms with Gasteiger partial charge in [-0.25, -0.2) is 4.40 Å². The number of hydrogen-bond donors (Lipinski definition) is 1. The van der Waals surface area contributed by atoms with Crippen molar-refractivity contribution in [2.24, 2.45) is 4.40 Å². The fraction of sp³-hybridized carbons (Fsp3) is 0.600. The maximum absolute atomic E-state index is 10.4. The van der Waals surface area contributed by atoms with E-state index in [1.807, 2.05) is 0 Å². The Labute approximate surface area is 58.1 Å². The summed E-state index contributed by atoms with van der Waals surface area (Å²) >= 11 is 1.50. The minimum Gasteiger partial charge on any atom is -0.314 e. The first-order valence-corrected chi connectivity index (χ1v) is 3.70. The molecule has 1 aliphatic heterocycles. The van der Waals surface area contributed by atoms with Crippen LogP contribution in [0.4, 0.5) is 0 Å². The zero-order valence-corrected chi connectivity index (χ0v) is 5.99. The number of amidine groups is 1. The smallest absolute Gasteiger partial charge is 0.222 e. The Hall–Kier alpha value is -0.510. The van der Waals surface area contributed by atoms with Crippen LogP contribution in [0.3, 0.4) is 0 Å². The van der Waals surface area contributed by atoms with Gasteiger partial charge in [0.2, 0.25) is 5.91 Å². The molecule has 3 nitrogen and oxygen atoms in total. The largest absolute Gasteiger partial charge is 0.314 e. The van der Waals surface area contributed by atoms with Crippen LogP contribution in [0.25, 0.3) is 0 Å². The second kappa shape index (κ2) is 2.87. The van der Waals surface area contributed by atoms with Crippen LogP contribution in [0.1, 0.15) is 13.3 Å². The average molecular weight is 144 g/mol. The molecule has 4 heteroatoms. The second-order valence-electron chi connectivity index (χ2n) is 1.80. The van der Waals surface area contributed by atoms with Gasteiger partial charge in [0.1, 0.15) is 5.84 Å². The van der Waals surface area contributed by atoms with Crippen molar-refractivity contribution in [1.29, 1.82) is 0 Å². The summed E-state index contributed by atoms with van der Waals surface area (Å²) in [5.41, 5.74) is 0. The molecule has 1 rings (SSSR count). The fourth-order valence-electron chi connectivity index (χ4n) is 0.600. The number of amides is 1. The van der Waals surface area contributed by atoms with Gasteiger partial charge in [0.15, 0.2) is 0 Å². The van der Waals surface area contributed by atoms with Gasteiger partial charge in [-0.1, -0.05) is 0 Å². The van der Waals surface area contributed by atoms with Crippen molar-refractivity contribution in [3.63, 3.8) is 0 Å². The molecule has 0 bridgehead atoms. The SMILES string of the molecule is CC(=O)NC1=NSCC1. The van der Waals surface area contributed by atoms with Crippen molar-refractivity contribution in [3.05, 3.63) is 0 Å². The van der Waals surface area contributed by atoms with E-state index in [9.17, 15) is 4.79 Å². The van der Waals surface area contributed by atoms with Crippen molar-refractivity contribution < 1.29 is 4.79 Å². The van der Waals surface area contributed by atoms with Crippen molar-refractivity contribution in [2.45, 2.75) is 13.3 Å².